The molecule has 0 aliphatic carbocycles. The van der Waals surface area contributed by atoms with Crippen LogP contribution in [0.3, 0.4) is 0 Å². The summed E-state index contributed by atoms with van der Waals surface area (Å²) in [5.74, 6) is -0.395. The summed E-state index contributed by atoms with van der Waals surface area (Å²) < 4.78 is 0. The minimum absolute atomic E-state index is 0.125. The summed E-state index contributed by atoms with van der Waals surface area (Å²) in [6, 6.07) is 3.03. The minimum atomic E-state index is -0.270. The van der Waals surface area contributed by atoms with Crippen molar-refractivity contribution in [1.82, 2.24) is 0 Å². The monoisotopic (exact) mass is 237 g/mol. The van der Waals surface area contributed by atoms with E-state index in [0.29, 0.717) is 11.3 Å². The standard InChI is InChI=1S/C8H6Cl3NO/c9-3-6(13)4-1-2-5(12)8(11)7(4)10/h1-2H,3,12H2. The van der Waals surface area contributed by atoms with Gasteiger partial charge in [-0.3, -0.25) is 4.79 Å². The highest BCUT2D eigenvalue weighted by atomic mass is 35.5. The molecule has 0 aliphatic heterocycles. The van der Waals surface area contributed by atoms with Gasteiger partial charge in [-0.1, -0.05) is 23.2 Å². The number of ketones is 1. The first-order valence-electron chi connectivity index (χ1n) is 3.40. The Morgan fingerprint density at radius 3 is 2.46 bits per heavy atom. The molecule has 0 aliphatic rings. The van der Waals surface area contributed by atoms with Crippen molar-refractivity contribution in [2.24, 2.45) is 0 Å². The van der Waals surface area contributed by atoms with Gasteiger partial charge in [0.05, 0.1) is 21.6 Å². The number of hydrogen-bond acceptors (Lipinski definition) is 2. The maximum Gasteiger partial charge on any atom is 0.179 e. The van der Waals surface area contributed by atoms with Crippen LogP contribution in [0.15, 0.2) is 12.1 Å². The molecular formula is C8H6Cl3NO. The zero-order valence-electron chi connectivity index (χ0n) is 6.48. The molecule has 0 radical (unpaired) electrons. The number of nitrogen functional groups attached to an aromatic ring is 1. The first-order valence-corrected chi connectivity index (χ1v) is 4.69. The number of benzene rings is 1. The highest BCUT2D eigenvalue weighted by molar-refractivity contribution is 6.46. The number of hydrogen-bond donors (Lipinski definition) is 1. The van der Waals surface area contributed by atoms with E-state index in [2.05, 4.69) is 0 Å². The van der Waals surface area contributed by atoms with Crippen LogP contribution in [0.4, 0.5) is 5.69 Å². The Kier molecular flexibility index (Phi) is 3.42. The lowest BCUT2D eigenvalue weighted by Crippen LogP contribution is -2.02. The summed E-state index contributed by atoms with van der Waals surface area (Å²) in [5.41, 5.74) is 6.12. The summed E-state index contributed by atoms with van der Waals surface area (Å²) >= 11 is 16.9. The lowest BCUT2D eigenvalue weighted by Gasteiger charge is -2.04. The average molecular weight is 239 g/mol. The average Bonchev–Trinajstić information content (AvgIpc) is 2.13. The molecule has 0 spiro atoms. The molecule has 0 fully saturated rings. The molecule has 0 unspecified atom stereocenters. The van der Waals surface area contributed by atoms with Gasteiger partial charge >= 0.3 is 0 Å². The Morgan fingerprint density at radius 2 is 1.92 bits per heavy atom. The molecule has 0 aromatic heterocycles. The molecule has 0 saturated heterocycles. The van der Waals surface area contributed by atoms with Crippen LogP contribution >= 0.6 is 34.8 Å². The molecule has 0 heterocycles. The van der Waals surface area contributed by atoms with Crippen LogP contribution in [0.25, 0.3) is 0 Å². The molecule has 1 aromatic rings. The number of rotatable bonds is 2. The van der Waals surface area contributed by atoms with Crippen molar-refractivity contribution in [3.63, 3.8) is 0 Å². The molecule has 1 rings (SSSR count). The van der Waals surface area contributed by atoms with Crippen LogP contribution in [-0.4, -0.2) is 11.7 Å². The van der Waals surface area contributed by atoms with E-state index >= 15 is 0 Å². The largest absolute Gasteiger partial charge is 0.397 e. The maximum atomic E-state index is 11.2. The lowest BCUT2D eigenvalue weighted by molar-refractivity contribution is 0.102. The highest BCUT2D eigenvalue weighted by Gasteiger charge is 2.13. The predicted molar refractivity (Wildman–Crippen MR) is 55.9 cm³/mol. The minimum Gasteiger partial charge on any atom is -0.397 e. The Morgan fingerprint density at radius 1 is 1.31 bits per heavy atom. The molecule has 1 aromatic carbocycles. The molecular weight excluding hydrogens is 232 g/mol. The van der Waals surface area contributed by atoms with Gasteiger partial charge in [-0.2, -0.15) is 0 Å². The smallest absolute Gasteiger partial charge is 0.179 e. The topological polar surface area (TPSA) is 43.1 Å². The van der Waals surface area contributed by atoms with Gasteiger partial charge in [0.15, 0.2) is 5.78 Å². The molecule has 0 saturated carbocycles. The van der Waals surface area contributed by atoms with E-state index in [9.17, 15) is 4.79 Å². The van der Waals surface area contributed by atoms with E-state index in [1.165, 1.54) is 12.1 Å². The van der Waals surface area contributed by atoms with Gasteiger partial charge in [0.25, 0.3) is 0 Å². The van der Waals surface area contributed by atoms with Gasteiger partial charge in [0.2, 0.25) is 0 Å². The van der Waals surface area contributed by atoms with Gasteiger partial charge in [-0.25, -0.2) is 0 Å². The van der Waals surface area contributed by atoms with Crippen LogP contribution in [0.1, 0.15) is 10.4 Å². The van der Waals surface area contributed by atoms with Crippen LogP contribution < -0.4 is 5.73 Å². The van der Waals surface area contributed by atoms with Crippen molar-refractivity contribution in [2.45, 2.75) is 0 Å². The number of halogens is 3. The van der Waals surface area contributed by atoms with Crippen LogP contribution in [0.2, 0.25) is 10.0 Å². The van der Waals surface area contributed by atoms with Gasteiger partial charge in [0, 0.05) is 5.56 Å². The van der Waals surface area contributed by atoms with Crippen molar-refractivity contribution in [3.05, 3.63) is 27.7 Å². The van der Waals surface area contributed by atoms with Crippen LogP contribution in [0.5, 0.6) is 0 Å². The van der Waals surface area contributed by atoms with Crippen molar-refractivity contribution in [3.8, 4) is 0 Å². The van der Waals surface area contributed by atoms with E-state index in [0.717, 1.165) is 0 Å². The third kappa shape index (κ3) is 2.08. The zero-order valence-corrected chi connectivity index (χ0v) is 8.75. The number of Topliss-reactive ketones (excluding diaryl/α,β-unsaturated/α-hetero) is 1. The Hall–Kier alpha value is -0.440. The molecule has 2 nitrogen and oxygen atoms in total. The fourth-order valence-electron chi connectivity index (χ4n) is 0.852. The Balaban J connectivity index is 3.26. The molecule has 0 amide bonds. The van der Waals surface area contributed by atoms with E-state index < -0.39 is 0 Å². The lowest BCUT2D eigenvalue weighted by atomic mass is 10.1. The van der Waals surface area contributed by atoms with E-state index in [1.54, 1.807) is 0 Å². The second-order valence-electron chi connectivity index (χ2n) is 2.39. The number of carbonyl (C=O) groups excluding carboxylic acids is 1. The summed E-state index contributed by atoms with van der Waals surface area (Å²) in [6.45, 7) is 0. The van der Waals surface area contributed by atoms with Crippen molar-refractivity contribution in [1.29, 1.82) is 0 Å². The first-order chi connectivity index (χ1) is 6.07. The highest BCUT2D eigenvalue weighted by Crippen LogP contribution is 2.31. The summed E-state index contributed by atoms with van der Waals surface area (Å²) in [7, 11) is 0. The van der Waals surface area contributed by atoms with Crippen LogP contribution in [-0.2, 0) is 0 Å². The number of nitrogens with two attached hydrogens (primary N) is 1. The van der Waals surface area contributed by atoms with Crippen molar-refractivity contribution < 1.29 is 4.79 Å². The van der Waals surface area contributed by atoms with Gasteiger partial charge < -0.3 is 5.73 Å². The van der Waals surface area contributed by atoms with E-state index in [4.69, 9.17) is 40.5 Å². The van der Waals surface area contributed by atoms with E-state index in [-0.39, 0.29) is 21.7 Å². The normalized spacial score (nSPS) is 10.1. The van der Waals surface area contributed by atoms with Crippen molar-refractivity contribution >= 4 is 46.3 Å². The van der Waals surface area contributed by atoms with Gasteiger partial charge in [-0.05, 0) is 12.1 Å². The third-order valence-corrected chi connectivity index (χ3v) is 2.67. The number of carbonyl (C=O) groups is 1. The van der Waals surface area contributed by atoms with Gasteiger partial charge in [-0.15, -0.1) is 11.6 Å². The predicted octanol–water partition coefficient (Wildman–Crippen LogP) is 3.00. The summed E-state index contributed by atoms with van der Waals surface area (Å²) in [5, 5.41) is 0.352. The maximum absolute atomic E-state index is 11.2. The summed E-state index contributed by atoms with van der Waals surface area (Å²) in [6.07, 6.45) is 0. The number of anilines is 1. The molecule has 2 N–H and O–H groups in total. The fraction of sp³-hybridized carbons (Fsp3) is 0.125. The molecule has 70 valence electrons. The quantitative estimate of drug-likeness (QED) is 0.489. The molecule has 13 heavy (non-hydrogen) atoms. The third-order valence-electron chi connectivity index (χ3n) is 1.53. The summed E-state index contributed by atoms with van der Waals surface area (Å²) in [4.78, 5) is 11.2. The Labute approximate surface area is 90.6 Å². The second-order valence-corrected chi connectivity index (χ2v) is 3.41. The SMILES string of the molecule is Nc1ccc(C(=O)CCl)c(Cl)c1Cl. The zero-order chi connectivity index (χ0) is 10.0. The molecule has 0 bridgehead atoms. The second kappa shape index (κ2) is 4.18. The first kappa shape index (κ1) is 10.6. The van der Waals surface area contributed by atoms with E-state index in [1.807, 2.05) is 0 Å². The number of alkyl halides is 1. The fourth-order valence-corrected chi connectivity index (χ4v) is 1.44. The Bertz CT molecular complexity index is 351. The van der Waals surface area contributed by atoms with Gasteiger partial charge in [0.1, 0.15) is 0 Å². The van der Waals surface area contributed by atoms with Crippen molar-refractivity contribution in [2.75, 3.05) is 11.6 Å². The molecule has 0 atom stereocenters. The van der Waals surface area contributed by atoms with Crippen LogP contribution in [0, 0.1) is 0 Å². The molecule has 5 heteroatoms.